The van der Waals surface area contributed by atoms with Gasteiger partial charge in [-0.15, -0.1) is 0 Å². The SMILES string of the molecule is C=CCOc1cccc(/C=N\NC(=O)CN(c2cc(Cl)cc(Cl)c2)S(=O)(=O)c2ccccc2)c1. The Balaban J connectivity index is 1.80. The molecule has 7 nitrogen and oxygen atoms in total. The lowest BCUT2D eigenvalue weighted by atomic mass is 10.2. The van der Waals surface area contributed by atoms with Crippen LogP contribution in [0.5, 0.6) is 5.75 Å². The zero-order valence-electron chi connectivity index (χ0n) is 17.9. The molecule has 3 rings (SSSR count). The first-order valence-electron chi connectivity index (χ1n) is 9.99. The third-order valence-electron chi connectivity index (χ3n) is 4.38. The van der Waals surface area contributed by atoms with Crippen LogP contribution >= 0.6 is 23.2 Å². The van der Waals surface area contributed by atoms with Gasteiger partial charge in [-0.05, 0) is 48.0 Å². The summed E-state index contributed by atoms with van der Waals surface area (Å²) in [4.78, 5) is 12.7. The average molecular weight is 518 g/mol. The van der Waals surface area contributed by atoms with Crippen molar-refractivity contribution in [3.8, 4) is 5.75 Å². The number of halogens is 2. The number of carbonyl (C=O) groups excluding carboxylic acids is 1. The summed E-state index contributed by atoms with van der Waals surface area (Å²) in [7, 11) is -4.10. The molecule has 3 aromatic rings. The molecule has 0 aliphatic rings. The number of sulfonamides is 1. The maximum atomic E-state index is 13.3. The van der Waals surface area contributed by atoms with Crippen LogP contribution in [-0.2, 0) is 14.8 Å². The first-order valence-corrected chi connectivity index (χ1v) is 12.2. The number of anilines is 1. The smallest absolute Gasteiger partial charge is 0.264 e. The molecule has 0 saturated heterocycles. The van der Waals surface area contributed by atoms with Gasteiger partial charge in [0, 0.05) is 10.0 Å². The van der Waals surface area contributed by atoms with E-state index in [0.717, 1.165) is 4.31 Å². The maximum Gasteiger partial charge on any atom is 0.264 e. The van der Waals surface area contributed by atoms with Crippen molar-refractivity contribution in [2.75, 3.05) is 17.5 Å². The Hall–Kier alpha value is -3.33. The molecule has 176 valence electrons. The molecule has 10 heteroatoms. The highest BCUT2D eigenvalue weighted by atomic mass is 35.5. The Morgan fingerprint density at radius 3 is 2.41 bits per heavy atom. The number of hydrogen-bond donors (Lipinski definition) is 1. The van der Waals surface area contributed by atoms with E-state index < -0.39 is 22.5 Å². The number of rotatable bonds is 10. The normalized spacial score (nSPS) is 11.2. The number of nitrogens with zero attached hydrogens (tertiary/aromatic N) is 2. The molecule has 0 spiro atoms. The first kappa shape index (κ1) is 25.3. The van der Waals surface area contributed by atoms with Crippen molar-refractivity contribution in [2.24, 2.45) is 5.10 Å². The van der Waals surface area contributed by atoms with Crippen molar-refractivity contribution in [1.82, 2.24) is 5.43 Å². The summed E-state index contributed by atoms with van der Waals surface area (Å²) >= 11 is 12.2. The van der Waals surface area contributed by atoms with Crippen molar-refractivity contribution in [3.05, 3.63) is 101 Å². The molecular formula is C24H21Cl2N3O4S. The molecule has 1 N–H and O–H groups in total. The van der Waals surface area contributed by atoms with Gasteiger partial charge < -0.3 is 4.74 Å². The molecule has 0 bridgehead atoms. The van der Waals surface area contributed by atoms with Crippen molar-refractivity contribution >= 4 is 51.0 Å². The van der Waals surface area contributed by atoms with Gasteiger partial charge in [-0.1, -0.05) is 66.2 Å². The summed E-state index contributed by atoms with van der Waals surface area (Å²) < 4.78 is 33.0. The monoisotopic (exact) mass is 517 g/mol. The topological polar surface area (TPSA) is 88.1 Å². The molecule has 1 amide bonds. The van der Waals surface area contributed by atoms with Gasteiger partial charge >= 0.3 is 0 Å². The molecule has 0 radical (unpaired) electrons. The van der Waals surface area contributed by atoms with Gasteiger partial charge in [0.15, 0.2) is 0 Å². The van der Waals surface area contributed by atoms with Crippen molar-refractivity contribution in [1.29, 1.82) is 0 Å². The van der Waals surface area contributed by atoms with E-state index >= 15 is 0 Å². The van der Waals surface area contributed by atoms with Crippen LogP contribution in [0.2, 0.25) is 10.0 Å². The Bertz CT molecular complexity index is 1280. The molecule has 0 aliphatic heterocycles. The van der Waals surface area contributed by atoms with E-state index in [0.29, 0.717) is 17.9 Å². The number of carbonyl (C=O) groups is 1. The Morgan fingerprint density at radius 2 is 1.74 bits per heavy atom. The number of benzene rings is 3. The van der Waals surface area contributed by atoms with Gasteiger partial charge in [0.2, 0.25) is 0 Å². The van der Waals surface area contributed by atoms with E-state index in [-0.39, 0.29) is 20.6 Å². The lowest BCUT2D eigenvalue weighted by Crippen LogP contribution is -2.39. The van der Waals surface area contributed by atoms with Crippen LogP contribution in [0.25, 0.3) is 0 Å². The molecular weight excluding hydrogens is 497 g/mol. The van der Waals surface area contributed by atoms with Crippen molar-refractivity contribution in [3.63, 3.8) is 0 Å². The number of hydrazone groups is 1. The predicted molar refractivity (Wildman–Crippen MR) is 135 cm³/mol. The molecule has 0 unspecified atom stereocenters. The highest BCUT2D eigenvalue weighted by molar-refractivity contribution is 7.92. The van der Waals surface area contributed by atoms with E-state index in [1.807, 2.05) is 0 Å². The molecule has 34 heavy (non-hydrogen) atoms. The van der Waals surface area contributed by atoms with Crippen LogP contribution in [0.15, 0.2) is 95.4 Å². The molecule has 0 saturated carbocycles. The predicted octanol–water partition coefficient (Wildman–Crippen LogP) is 4.90. The molecule has 3 aromatic carbocycles. The van der Waals surface area contributed by atoms with E-state index in [2.05, 4.69) is 17.1 Å². The molecule has 0 fully saturated rings. The van der Waals surface area contributed by atoms with Crippen LogP contribution in [-0.4, -0.2) is 33.7 Å². The standard InChI is InChI=1S/C24H21Cl2N3O4S/c1-2-11-33-22-8-6-7-18(12-22)16-27-28-24(30)17-29(21-14-19(25)13-20(26)15-21)34(31,32)23-9-4-3-5-10-23/h2-10,12-16H,1,11,17H2,(H,28,30)/b27-16-. The van der Waals surface area contributed by atoms with E-state index in [4.69, 9.17) is 27.9 Å². The van der Waals surface area contributed by atoms with Gasteiger partial charge in [-0.2, -0.15) is 5.10 Å². The second-order valence-corrected chi connectivity index (χ2v) is 9.65. The molecule has 0 heterocycles. The van der Waals surface area contributed by atoms with Crippen LogP contribution in [0.4, 0.5) is 5.69 Å². The summed E-state index contributed by atoms with van der Waals surface area (Å²) in [6.07, 6.45) is 3.05. The number of hydrogen-bond acceptors (Lipinski definition) is 5. The highest BCUT2D eigenvalue weighted by Gasteiger charge is 2.27. The minimum Gasteiger partial charge on any atom is -0.490 e. The summed E-state index contributed by atoms with van der Waals surface area (Å²) in [5.41, 5.74) is 3.17. The highest BCUT2D eigenvalue weighted by Crippen LogP contribution is 2.29. The van der Waals surface area contributed by atoms with Crippen molar-refractivity contribution < 1.29 is 17.9 Å². The fourth-order valence-corrected chi connectivity index (χ4v) is 4.84. The quantitative estimate of drug-likeness (QED) is 0.235. The fourth-order valence-electron chi connectivity index (χ4n) is 2.90. The Labute approximate surface area is 208 Å². The van der Waals surface area contributed by atoms with E-state index in [1.54, 1.807) is 48.5 Å². The van der Waals surface area contributed by atoms with Crippen LogP contribution in [0, 0.1) is 0 Å². The van der Waals surface area contributed by atoms with Crippen molar-refractivity contribution in [2.45, 2.75) is 4.90 Å². The summed E-state index contributed by atoms with van der Waals surface area (Å²) in [6, 6.07) is 19.1. The van der Waals surface area contributed by atoms with Crippen LogP contribution < -0.4 is 14.5 Å². The third-order valence-corrected chi connectivity index (χ3v) is 6.61. The molecule has 0 atom stereocenters. The van der Waals surface area contributed by atoms with Gasteiger partial charge in [-0.25, -0.2) is 13.8 Å². The van der Waals surface area contributed by atoms with E-state index in [1.165, 1.54) is 36.5 Å². The van der Waals surface area contributed by atoms with Gasteiger partial charge in [0.25, 0.3) is 15.9 Å². The Morgan fingerprint density at radius 1 is 1.03 bits per heavy atom. The summed E-state index contributed by atoms with van der Waals surface area (Å²) in [5, 5.41) is 4.38. The largest absolute Gasteiger partial charge is 0.490 e. The maximum absolute atomic E-state index is 13.3. The van der Waals surface area contributed by atoms with Gasteiger partial charge in [0.1, 0.15) is 18.9 Å². The summed E-state index contributed by atoms with van der Waals surface area (Å²) in [6.45, 7) is 3.41. The number of nitrogens with one attached hydrogen (secondary N) is 1. The summed E-state index contributed by atoms with van der Waals surface area (Å²) in [5.74, 6) is -0.0425. The van der Waals surface area contributed by atoms with Crippen LogP contribution in [0.1, 0.15) is 5.56 Å². The minimum absolute atomic E-state index is 0.0127. The minimum atomic E-state index is -4.10. The van der Waals surface area contributed by atoms with Gasteiger partial charge in [0.05, 0.1) is 16.8 Å². The number of amides is 1. The fraction of sp³-hybridized carbons (Fsp3) is 0.0833. The second-order valence-electron chi connectivity index (χ2n) is 6.92. The third kappa shape index (κ3) is 6.84. The zero-order chi connectivity index (χ0) is 24.6. The Kier molecular flexibility index (Phi) is 8.70. The molecule has 0 aliphatic carbocycles. The van der Waals surface area contributed by atoms with Crippen LogP contribution in [0.3, 0.4) is 0 Å². The lowest BCUT2D eigenvalue weighted by Gasteiger charge is -2.24. The lowest BCUT2D eigenvalue weighted by molar-refractivity contribution is -0.119. The molecule has 0 aromatic heterocycles. The number of ether oxygens (including phenoxy) is 1. The van der Waals surface area contributed by atoms with Gasteiger partial charge in [-0.3, -0.25) is 9.10 Å². The second kappa shape index (κ2) is 11.7. The average Bonchev–Trinajstić information content (AvgIpc) is 2.81. The first-order chi connectivity index (χ1) is 16.3. The van der Waals surface area contributed by atoms with E-state index in [9.17, 15) is 13.2 Å². The zero-order valence-corrected chi connectivity index (χ0v) is 20.2.